The summed E-state index contributed by atoms with van der Waals surface area (Å²) in [5, 5.41) is 3.08. The fourth-order valence-electron chi connectivity index (χ4n) is 3.74. The normalized spacial score (nSPS) is 11.7. The Morgan fingerprint density at radius 3 is 2.00 bits per heavy atom. The Kier molecular flexibility index (Phi) is 10.1. The lowest BCUT2D eigenvalue weighted by Crippen LogP contribution is -2.19. The maximum Gasteiger partial charge on any atom is 0.256 e. The number of anilines is 1. The van der Waals surface area contributed by atoms with Gasteiger partial charge in [0, 0.05) is 19.3 Å². The largest absolute Gasteiger partial charge is 0.492 e. The number of benzene rings is 3. The summed E-state index contributed by atoms with van der Waals surface area (Å²) >= 11 is 0. The second-order valence-corrected chi connectivity index (χ2v) is 8.78. The number of methoxy groups -OCH3 is 1. The number of nitrogens with one attached hydrogen (secondary N) is 1. The van der Waals surface area contributed by atoms with Crippen molar-refractivity contribution < 1.29 is 19.0 Å². The molecule has 0 atom stereocenters. The standard InChI is InChI=1S/C30H36N2O4/c1-6-28(23-9-7-22(2)8-10-23)29(24-11-15-27(16-12-24)36-21-34-5)30(33)31-25-13-17-26(18-14-25)35-20-19-32(3)4/h7-18H,6,19-21H2,1-5H3,(H,31,33)/b29-28+. The van der Waals surface area contributed by atoms with Crippen molar-refractivity contribution in [1.82, 2.24) is 4.90 Å². The Morgan fingerprint density at radius 1 is 0.833 bits per heavy atom. The third kappa shape index (κ3) is 7.70. The summed E-state index contributed by atoms with van der Waals surface area (Å²) in [6, 6.07) is 23.3. The second kappa shape index (κ2) is 13.5. The average molecular weight is 489 g/mol. The van der Waals surface area contributed by atoms with Gasteiger partial charge >= 0.3 is 0 Å². The number of rotatable bonds is 12. The van der Waals surface area contributed by atoms with Crippen LogP contribution in [-0.2, 0) is 9.53 Å². The zero-order valence-corrected chi connectivity index (χ0v) is 21.8. The molecule has 1 N–H and O–H groups in total. The molecule has 36 heavy (non-hydrogen) atoms. The van der Waals surface area contributed by atoms with Crippen LogP contribution in [0, 0.1) is 6.92 Å². The van der Waals surface area contributed by atoms with Gasteiger partial charge in [-0.1, -0.05) is 48.9 Å². The number of carbonyl (C=O) groups is 1. The van der Waals surface area contributed by atoms with E-state index in [1.165, 1.54) is 5.56 Å². The van der Waals surface area contributed by atoms with Crippen LogP contribution < -0.4 is 14.8 Å². The van der Waals surface area contributed by atoms with Crippen molar-refractivity contribution in [3.05, 3.63) is 89.5 Å². The Labute approximate surface area is 214 Å². The van der Waals surface area contributed by atoms with Crippen molar-refractivity contribution in [1.29, 1.82) is 0 Å². The molecule has 3 aromatic rings. The molecule has 0 saturated carbocycles. The van der Waals surface area contributed by atoms with Crippen LogP contribution in [0.4, 0.5) is 5.69 Å². The van der Waals surface area contributed by atoms with Gasteiger partial charge in [0.25, 0.3) is 5.91 Å². The summed E-state index contributed by atoms with van der Waals surface area (Å²) in [7, 11) is 5.60. The van der Waals surface area contributed by atoms with Crippen LogP contribution in [0.5, 0.6) is 11.5 Å². The molecule has 0 aliphatic carbocycles. The molecule has 0 saturated heterocycles. The van der Waals surface area contributed by atoms with Crippen LogP contribution in [0.1, 0.15) is 30.0 Å². The van der Waals surface area contributed by atoms with Crippen LogP contribution in [0.2, 0.25) is 0 Å². The average Bonchev–Trinajstić information content (AvgIpc) is 2.88. The molecule has 0 aromatic heterocycles. The van der Waals surface area contributed by atoms with E-state index in [0.29, 0.717) is 30.0 Å². The number of ether oxygens (including phenoxy) is 3. The smallest absolute Gasteiger partial charge is 0.256 e. The molecule has 0 spiro atoms. The van der Waals surface area contributed by atoms with E-state index in [9.17, 15) is 4.79 Å². The minimum atomic E-state index is -0.167. The van der Waals surface area contributed by atoms with E-state index >= 15 is 0 Å². The van der Waals surface area contributed by atoms with Gasteiger partial charge in [0.1, 0.15) is 18.1 Å². The first-order valence-electron chi connectivity index (χ1n) is 12.1. The summed E-state index contributed by atoms with van der Waals surface area (Å²) in [6.07, 6.45) is 0.701. The fourth-order valence-corrected chi connectivity index (χ4v) is 3.74. The molecular formula is C30H36N2O4. The summed E-state index contributed by atoms with van der Waals surface area (Å²) < 4.78 is 16.3. The molecule has 190 valence electrons. The van der Waals surface area contributed by atoms with Crippen LogP contribution in [0.15, 0.2) is 72.8 Å². The predicted octanol–water partition coefficient (Wildman–Crippen LogP) is 5.88. The number of allylic oxidation sites excluding steroid dienone is 1. The number of amides is 1. The van der Waals surface area contributed by atoms with Crippen LogP contribution in [0.3, 0.4) is 0 Å². The van der Waals surface area contributed by atoms with Gasteiger partial charge in [-0.3, -0.25) is 4.79 Å². The molecule has 0 radical (unpaired) electrons. The third-order valence-electron chi connectivity index (χ3n) is 5.69. The van der Waals surface area contributed by atoms with Crippen LogP contribution in [-0.4, -0.2) is 52.0 Å². The molecule has 0 aliphatic rings. The number of hydrogen-bond donors (Lipinski definition) is 1. The molecule has 0 fully saturated rings. The van der Waals surface area contributed by atoms with E-state index in [2.05, 4.69) is 48.3 Å². The van der Waals surface area contributed by atoms with Gasteiger partial charge in [-0.2, -0.15) is 0 Å². The number of hydrogen-bond acceptors (Lipinski definition) is 5. The zero-order chi connectivity index (χ0) is 25.9. The number of nitrogens with zero attached hydrogens (tertiary/aromatic N) is 1. The summed E-state index contributed by atoms with van der Waals surface area (Å²) in [6.45, 7) is 5.73. The molecule has 3 rings (SSSR count). The maximum absolute atomic E-state index is 13.7. The molecule has 6 nitrogen and oxygen atoms in total. The first kappa shape index (κ1) is 27.0. The van der Waals surface area contributed by atoms with Crippen molar-refractivity contribution >= 4 is 22.7 Å². The van der Waals surface area contributed by atoms with E-state index in [4.69, 9.17) is 14.2 Å². The Morgan fingerprint density at radius 2 is 1.42 bits per heavy atom. The minimum absolute atomic E-state index is 0.167. The van der Waals surface area contributed by atoms with Crippen LogP contribution in [0.25, 0.3) is 11.1 Å². The van der Waals surface area contributed by atoms with E-state index in [0.717, 1.165) is 29.0 Å². The molecular weight excluding hydrogens is 452 g/mol. The third-order valence-corrected chi connectivity index (χ3v) is 5.69. The summed E-state index contributed by atoms with van der Waals surface area (Å²) in [4.78, 5) is 15.8. The SMILES string of the molecule is CC/C(=C(\C(=O)Nc1ccc(OCCN(C)C)cc1)c1ccc(OCOC)cc1)c1ccc(C)cc1. The number of carbonyl (C=O) groups excluding carboxylic acids is 1. The van der Waals surface area contributed by atoms with Gasteiger partial charge < -0.3 is 24.4 Å². The lowest BCUT2D eigenvalue weighted by Gasteiger charge is -2.17. The highest BCUT2D eigenvalue weighted by Crippen LogP contribution is 2.31. The van der Waals surface area contributed by atoms with E-state index in [1.807, 2.05) is 62.6 Å². The van der Waals surface area contributed by atoms with Gasteiger partial charge in [0.2, 0.25) is 0 Å². The Bertz CT molecular complexity index is 1140. The molecule has 0 aliphatic heterocycles. The summed E-state index contributed by atoms with van der Waals surface area (Å²) in [5.74, 6) is 1.28. The second-order valence-electron chi connectivity index (χ2n) is 8.78. The quantitative estimate of drug-likeness (QED) is 0.196. The highest BCUT2D eigenvalue weighted by atomic mass is 16.7. The Balaban J connectivity index is 1.90. The van der Waals surface area contributed by atoms with Crippen molar-refractivity contribution in [2.75, 3.05) is 46.5 Å². The van der Waals surface area contributed by atoms with Gasteiger partial charge in [-0.15, -0.1) is 0 Å². The highest BCUT2D eigenvalue weighted by Gasteiger charge is 2.19. The first-order chi connectivity index (χ1) is 17.4. The van der Waals surface area contributed by atoms with E-state index in [1.54, 1.807) is 7.11 Å². The van der Waals surface area contributed by atoms with Crippen molar-refractivity contribution in [2.45, 2.75) is 20.3 Å². The van der Waals surface area contributed by atoms with Gasteiger partial charge in [0.05, 0.1) is 5.57 Å². The van der Waals surface area contributed by atoms with Gasteiger partial charge in [-0.25, -0.2) is 0 Å². The van der Waals surface area contributed by atoms with E-state index < -0.39 is 0 Å². The molecule has 0 heterocycles. The van der Waals surface area contributed by atoms with Gasteiger partial charge in [-0.05, 0) is 80.5 Å². The lowest BCUT2D eigenvalue weighted by atomic mass is 9.91. The lowest BCUT2D eigenvalue weighted by molar-refractivity contribution is -0.111. The molecule has 3 aromatic carbocycles. The van der Waals surface area contributed by atoms with Crippen molar-refractivity contribution in [3.63, 3.8) is 0 Å². The van der Waals surface area contributed by atoms with Crippen molar-refractivity contribution in [3.8, 4) is 11.5 Å². The molecule has 0 unspecified atom stereocenters. The monoisotopic (exact) mass is 488 g/mol. The molecule has 0 bridgehead atoms. The minimum Gasteiger partial charge on any atom is -0.492 e. The van der Waals surface area contributed by atoms with Crippen LogP contribution >= 0.6 is 0 Å². The zero-order valence-electron chi connectivity index (χ0n) is 21.8. The predicted molar refractivity (Wildman–Crippen MR) is 146 cm³/mol. The Hall–Kier alpha value is -3.61. The highest BCUT2D eigenvalue weighted by molar-refractivity contribution is 6.31. The summed E-state index contributed by atoms with van der Waals surface area (Å²) in [5.41, 5.74) is 5.33. The fraction of sp³-hybridized carbons (Fsp3) is 0.300. The van der Waals surface area contributed by atoms with Gasteiger partial charge in [0.15, 0.2) is 6.79 Å². The maximum atomic E-state index is 13.7. The van der Waals surface area contributed by atoms with Crippen molar-refractivity contribution in [2.24, 2.45) is 0 Å². The topological polar surface area (TPSA) is 60.0 Å². The molecule has 1 amide bonds. The first-order valence-corrected chi connectivity index (χ1v) is 12.1. The molecule has 6 heteroatoms. The number of likely N-dealkylation sites (N-methyl/N-ethyl adjacent to an activating group) is 1. The number of aryl methyl sites for hydroxylation is 1. The van der Waals surface area contributed by atoms with E-state index in [-0.39, 0.29) is 12.7 Å².